The number of hydrogen-bond donors (Lipinski definition) is 3. The van der Waals surface area contributed by atoms with Gasteiger partial charge in [0.15, 0.2) is 0 Å². The van der Waals surface area contributed by atoms with E-state index < -0.39 is 31.0 Å². The quantitative estimate of drug-likeness (QED) is 0.356. The van der Waals surface area contributed by atoms with E-state index in [0.717, 1.165) is 12.8 Å². The Morgan fingerprint density at radius 2 is 1.83 bits per heavy atom. The first-order valence-corrected chi connectivity index (χ1v) is 9.05. The molecule has 1 aliphatic heterocycles. The Hall–Kier alpha value is -0.460. The Balaban J connectivity index is 1.95. The number of rotatable bonds is 13. The second kappa shape index (κ2) is 12.9. The van der Waals surface area contributed by atoms with Gasteiger partial charge in [-0.2, -0.15) is 0 Å². The van der Waals surface area contributed by atoms with E-state index in [-0.39, 0.29) is 6.61 Å². The minimum Gasteiger partial charge on any atom is -0.394 e. The van der Waals surface area contributed by atoms with Crippen LogP contribution in [0.25, 0.3) is 0 Å². The molecule has 5 nitrogen and oxygen atoms in total. The molecular weight excluding hydrogens is 296 g/mol. The molecule has 0 bridgehead atoms. The fourth-order valence-corrected chi connectivity index (χ4v) is 2.74. The number of hydrogen-bond acceptors (Lipinski definition) is 5. The van der Waals surface area contributed by atoms with Gasteiger partial charge in [0, 0.05) is 6.61 Å². The standard InChI is InChI=1S/C18H34O5/c1-2-3-4-5-6-7-8-9-10-11-12-22-16-14-23-18(17(16)21)15(20)13-19/h4-5,15-21H,2-3,6-14H2,1H3/b5-4+/t15-,16+,17-,18-/m0/s1. The zero-order valence-corrected chi connectivity index (χ0v) is 14.4. The summed E-state index contributed by atoms with van der Waals surface area (Å²) >= 11 is 0. The molecule has 0 aliphatic carbocycles. The average molecular weight is 330 g/mol. The molecule has 0 aromatic carbocycles. The van der Waals surface area contributed by atoms with Gasteiger partial charge in [0.25, 0.3) is 0 Å². The van der Waals surface area contributed by atoms with Crippen LogP contribution in [0.2, 0.25) is 0 Å². The monoisotopic (exact) mass is 330 g/mol. The van der Waals surface area contributed by atoms with Crippen LogP contribution in [0.5, 0.6) is 0 Å². The first-order valence-electron chi connectivity index (χ1n) is 9.05. The predicted octanol–water partition coefficient (Wildman–Crippen LogP) is 2.18. The van der Waals surface area contributed by atoms with Gasteiger partial charge in [-0.1, -0.05) is 44.8 Å². The molecule has 0 aromatic rings. The van der Waals surface area contributed by atoms with E-state index in [9.17, 15) is 10.2 Å². The van der Waals surface area contributed by atoms with E-state index in [1.54, 1.807) is 0 Å². The van der Waals surface area contributed by atoms with Crippen molar-refractivity contribution in [2.24, 2.45) is 0 Å². The van der Waals surface area contributed by atoms with Crippen molar-refractivity contribution in [3.8, 4) is 0 Å². The highest BCUT2D eigenvalue weighted by Crippen LogP contribution is 2.20. The predicted molar refractivity (Wildman–Crippen MR) is 90.3 cm³/mol. The van der Waals surface area contributed by atoms with Crippen LogP contribution in [-0.2, 0) is 9.47 Å². The lowest BCUT2D eigenvalue weighted by molar-refractivity contribution is -0.0730. The molecule has 1 rings (SSSR count). The molecule has 136 valence electrons. The van der Waals surface area contributed by atoms with Crippen molar-refractivity contribution < 1.29 is 24.8 Å². The van der Waals surface area contributed by atoms with Crippen LogP contribution in [0.3, 0.4) is 0 Å². The SMILES string of the molecule is CCC/C=C/CCCCCCCO[C@@H]1CO[C@@H]([C@@H](O)CO)[C@H]1O. The van der Waals surface area contributed by atoms with Crippen molar-refractivity contribution in [1.82, 2.24) is 0 Å². The van der Waals surface area contributed by atoms with Gasteiger partial charge in [0.2, 0.25) is 0 Å². The zero-order valence-electron chi connectivity index (χ0n) is 14.4. The molecule has 3 N–H and O–H groups in total. The lowest BCUT2D eigenvalue weighted by Gasteiger charge is -2.20. The maximum absolute atomic E-state index is 9.98. The smallest absolute Gasteiger partial charge is 0.114 e. The van der Waals surface area contributed by atoms with Crippen molar-refractivity contribution in [1.29, 1.82) is 0 Å². The molecule has 23 heavy (non-hydrogen) atoms. The molecule has 0 amide bonds. The lowest BCUT2D eigenvalue weighted by atomic mass is 10.1. The maximum Gasteiger partial charge on any atom is 0.114 e. The second-order valence-corrected chi connectivity index (χ2v) is 6.26. The second-order valence-electron chi connectivity index (χ2n) is 6.26. The van der Waals surface area contributed by atoms with Gasteiger partial charge in [0.05, 0.1) is 13.2 Å². The van der Waals surface area contributed by atoms with Gasteiger partial charge in [-0.15, -0.1) is 0 Å². The molecule has 0 spiro atoms. The van der Waals surface area contributed by atoms with Crippen molar-refractivity contribution >= 4 is 0 Å². The summed E-state index contributed by atoms with van der Waals surface area (Å²) in [6, 6.07) is 0. The Morgan fingerprint density at radius 3 is 2.57 bits per heavy atom. The molecule has 5 heteroatoms. The van der Waals surface area contributed by atoms with Crippen LogP contribution in [0.15, 0.2) is 12.2 Å². The van der Waals surface area contributed by atoms with Crippen molar-refractivity contribution in [3.05, 3.63) is 12.2 Å². The van der Waals surface area contributed by atoms with Crippen LogP contribution in [-0.4, -0.2) is 59.6 Å². The van der Waals surface area contributed by atoms with Crippen molar-refractivity contribution in [2.45, 2.75) is 82.7 Å². The highest BCUT2D eigenvalue weighted by Gasteiger charge is 2.40. The van der Waals surface area contributed by atoms with E-state index in [2.05, 4.69) is 19.1 Å². The molecule has 0 unspecified atom stereocenters. The normalized spacial score (nSPS) is 26.2. The molecule has 1 heterocycles. The van der Waals surface area contributed by atoms with Gasteiger partial charge >= 0.3 is 0 Å². The van der Waals surface area contributed by atoms with Gasteiger partial charge in [-0.05, 0) is 25.7 Å². The van der Waals surface area contributed by atoms with E-state index in [1.807, 2.05) is 0 Å². The fraction of sp³-hybridized carbons (Fsp3) is 0.889. The molecule has 1 fully saturated rings. The summed E-state index contributed by atoms with van der Waals surface area (Å²) in [4.78, 5) is 0. The number of unbranched alkanes of at least 4 members (excludes halogenated alkanes) is 6. The van der Waals surface area contributed by atoms with E-state index in [0.29, 0.717) is 6.61 Å². The topological polar surface area (TPSA) is 79.2 Å². The van der Waals surface area contributed by atoms with E-state index in [4.69, 9.17) is 14.6 Å². The number of ether oxygens (including phenoxy) is 2. The van der Waals surface area contributed by atoms with Crippen molar-refractivity contribution in [2.75, 3.05) is 19.8 Å². The third-order valence-corrected chi connectivity index (χ3v) is 4.21. The molecule has 4 atom stereocenters. The van der Waals surface area contributed by atoms with Crippen LogP contribution < -0.4 is 0 Å². The minimum atomic E-state index is -1.05. The highest BCUT2D eigenvalue weighted by atomic mass is 16.6. The Labute approximate surface area is 140 Å². The summed E-state index contributed by atoms with van der Waals surface area (Å²) in [7, 11) is 0. The van der Waals surface area contributed by atoms with Crippen LogP contribution in [0.1, 0.15) is 58.3 Å². The molecule has 1 aliphatic rings. The van der Waals surface area contributed by atoms with E-state index in [1.165, 1.54) is 38.5 Å². The largest absolute Gasteiger partial charge is 0.394 e. The molecule has 1 saturated heterocycles. The Bertz CT molecular complexity index is 308. The summed E-state index contributed by atoms with van der Waals surface area (Å²) in [5, 5.41) is 28.4. The number of aliphatic hydroxyl groups is 3. The molecule has 0 aromatic heterocycles. The van der Waals surface area contributed by atoms with Crippen LogP contribution in [0, 0.1) is 0 Å². The highest BCUT2D eigenvalue weighted by molar-refractivity contribution is 4.88. The molecule has 0 saturated carbocycles. The Kier molecular flexibility index (Phi) is 11.5. The van der Waals surface area contributed by atoms with Crippen LogP contribution >= 0.6 is 0 Å². The third-order valence-electron chi connectivity index (χ3n) is 4.21. The van der Waals surface area contributed by atoms with E-state index >= 15 is 0 Å². The Morgan fingerprint density at radius 1 is 1.13 bits per heavy atom. The zero-order chi connectivity index (χ0) is 16.9. The number of aliphatic hydroxyl groups excluding tert-OH is 3. The van der Waals surface area contributed by atoms with Gasteiger partial charge < -0.3 is 24.8 Å². The van der Waals surface area contributed by atoms with Gasteiger partial charge in [-0.25, -0.2) is 0 Å². The lowest BCUT2D eigenvalue weighted by Crippen LogP contribution is -2.41. The summed E-state index contributed by atoms with van der Waals surface area (Å²) in [5.74, 6) is 0. The number of allylic oxidation sites excluding steroid dienone is 2. The minimum absolute atomic E-state index is 0.271. The first kappa shape index (κ1) is 20.6. The van der Waals surface area contributed by atoms with Gasteiger partial charge in [0.1, 0.15) is 24.4 Å². The molecule has 0 radical (unpaired) electrons. The summed E-state index contributed by atoms with van der Waals surface area (Å²) in [6.07, 6.45) is 10.9. The third kappa shape index (κ3) is 8.27. The molecular formula is C18H34O5. The summed E-state index contributed by atoms with van der Waals surface area (Å²) in [6.45, 7) is 2.65. The summed E-state index contributed by atoms with van der Waals surface area (Å²) < 4.78 is 10.9. The first-order chi connectivity index (χ1) is 11.2. The van der Waals surface area contributed by atoms with Crippen LogP contribution in [0.4, 0.5) is 0 Å². The average Bonchev–Trinajstić information content (AvgIpc) is 2.93. The van der Waals surface area contributed by atoms with Crippen molar-refractivity contribution in [3.63, 3.8) is 0 Å². The summed E-state index contributed by atoms with van der Waals surface area (Å²) in [5.41, 5.74) is 0. The van der Waals surface area contributed by atoms with Gasteiger partial charge in [-0.3, -0.25) is 0 Å². The maximum atomic E-state index is 9.98. The fourth-order valence-electron chi connectivity index (χ4n) is 2.74.